The number of para-hydroxylation sites is 1. The van der Waals surface area contributed by atoms with Gasteiger partial charge in [0.2, 0.25) is 11.7 Å². The molecule has 4 rings (SSSR count). The topological polar surface area (TPSA) is 126 Å². The summed E-state index contributed by atoms with van der Waals surface area (Å²) in [7, 11) is 1.58. The van der Waals surface area contributed by atoms with Crippen molar-refractivity contribution >= 4 is 11.6 Å². The molecule has 28 heavy (non-hydrogen) atoms. The molecule has 4 aromatic rings. The number of anilines is 1. The van der Waals surface area contributed by atoms with E-state index in [-0.39, 0.29) is 12.5 Å². The summed E-state index contributed by atoms with van der Waals surface area (Å²) in [6.45, 7) is -0.0773. The lowest BCUT2D eigenvalue weighted by molar-refractivity contribution is -0.117. The molecule has 0 bridgehead atoms. The molecule has 0 saturated carbocycles. The highest BCUT2D eigenvalue weighted by molar-refractivity contribution is 5.90. The van der Waals surface area contributed by atoms with Crippen LogP contribution in [0.25, 0.3) is 17.1 Å². The number of ether oxygens (including phenoxy) is 1. The van der Waals surface area contributed by atoms with E-state index in [2.05, 4.69) is 36.3 Å². The van der Waals surface area contributed by atoms with Crippen LogP contribution in [0.15, 0.2) is 54.9 Å². The molecule has 1 amide bonds. The molecule has 0 spiro atoms. The Kier molecular flexibility index (Phi) is 4.70. The third-order valence-electron chi connectivity index (χ3n) is 3.85. The molecule has 2 aromatic carbocycles. The minimum atomic E-state index is -0.275. The second kappa shape index (κ2) is 7.61. The highest BCUT2D eigenvalue weighted by Crippen LogP contribution is 2.22. The Bertz CT molecular complexity index is 1070. The molecule has 1 N–H and O–H groups in total. The van der Waals surface area contributed by atoms with E-state index in [9.17, 15) is 4.79 Å². The van der Waals surface area contributed by atoms with E-state index in [0.29, 0.717) is 28.5 Å². The predicted molar refractivity (Wildman–Crippen MR) is 97.6 cm³/mol. The molecular formula is C17H15N9O2. The van der Waals surface area contributed by atoms with Gasteiger partial charge in [0.15, 0.2) is 0 Å². The predicted octanol–water partition coefficient (Wildman–Crippen LogP) is 0.963. The van der Waals surface area contributed by atoms with Gasteiger partial charge in [0.05, 0.1) is 12.8 Å². The number of carbonyl (C=O) groups is 1. The number of tetrazole rings is 2. The lowest BCUT2D eigenvalue weighted by Crippen LogP contribution is -2.20. The van der Waals surface area contributed by atoms with Gasteiger partial charge in [-0.05, 0) is 52.0 Å². The smallest absolute Gasteiger partial charge is 0.248 e. The normalized spacial score (nSPS) is 10.6. The third kappa shape index (κ3) is 3.67. The zero-order valence-corrected chi connectivity index (χ0v) is 14.8. The zero-order valence-electron chi connectivity index (χ0n) is 14.8. The van der Waals surface area contributed by atoms with E-state index in [1.165, 1.54) is 15.8 Å². The minimum Gasteiger partial charge on any atom is -0.497 e. The number of amides is 1. The Labute approximate surface area is 158 Å². The third-order valence-corrected chi connectivity index (χ3v) is 3.85. The molecule has 2 aromatic heterocycles. The summed E-state index contributed by atoms with van der Waals surface area (Å²) in [4.78, 5) is 13.5. The molecular weight excluding hydrogens is 362 g/mol. The average Bonchev–Trinajstić information content (AvgIpc) is 3.41. The van der Waals surface area contributed by atoms with Crippen molar-refractivity contribution in [2.75, 3.05) is 12.4 Å². The molecule has 0 atom stereocenters. The number of hydrogen-bond acceptors (Lipinski definition) is 8. The highest BCUT2D eigenvalue weighted by atomic mass is 16.5. The maximum atomic E-state index is 12.2. The zero-order chi connectivity index (χ0) is 19.3. The van der Waals surface area contributed by atoms with Gasteiger partial charge in [0.1, 0.15) is 18.6 Å². The van der Waals surface area contributed by atoms with Crippen LogP contribution in [-0.4, -0.2) is 53.4 Å². The Morgan fingerprint density at radius 2 is 1.93 bits per heavy atom. The van der Waals surface area contributed by atoms with Gasteiger partial charge in [-0.1, -0.05) is 12.1 Å². The molecule has 0 radical (unpaired) electrons. The number of hydrogen-bond donors (Lipinski definition) is 1. The van der Waals surface area contributed by atoms with Gasteiger partial charge >= 0.3 is 0 Å². The Morgan fingerprint density at radius 3 is 2.68 bits per heavy atom. The monoisotopic (exact) mass is 377 g/mol. The van der Waals surface area contributed by atoms with Crippen molar-refractivity contribution < 1.29 is 9.53 Å². The fourth-order valence-corrected chi connectivity index (χ4v) is 2.56. The van der Waals surface area contributed by atoms with Gasteiger partial charge in [-0.25, -0.2) is 0 Å². The fourth-order valence-electron chi connectivity index (χ4n) is 2.56. The first-order chi connectivity index (χ1) is 13.7. The number of benzene rings is 2. The fraction of sp³-hybridized carbons (Fsp3) is 0.118. The number of carbonyl (C=O) groups excluding carboxylic acids is 1. The van der Waals surface area contributed by atoms with Crippen LogP contribution in [-0.2, 0) is 11.3 Å². The summed E-state index contributed by atoms with van der Waals surface area (Å²) in [6.07, 6.45) is 1.48. The van der Waals surface area contributed by atoms with Crippen LogP contribution in [0.4, 0.5) is 5.69 Å². The molecule has 11 nitrogen and oxygen atoms in total. The van der Waals surface area contributed by atoms with Crippen molar-refractivity contribution in [3.8, 4) is 22.8 Å². The number of nitrogens with one attached hydrogen (secondary N) is 1. The first-order valence-corrected chi connectivity index (χ1v) is 8.27. The molecule has 2 heterocycles. The van der Waals surface area contributed by atoms with Gasteiger partial charge in [-0.15, -0.1) is 15.3 Å². The summed E-state index contributed by atoms with van der Waals surface area (Å²) in [6, 6.07) is 14.4. The molecule has 140 valence electrons. The van der Waals surface area contributed by atoms with Crippen molar-refractivity contribution in [3.63, 3.8) is 0 Å². The van der Waals surface area contributed by atoms with Crippen LogP contribution in [0, 0.1) is 0 Å². The summed E-state index contributed by atoms with van der Waals surface area (Å²) < 4.78 is 6.60. The van der Waals surface area contributed by atoms with Crippen molar-refractivity contribution in [3.05, 3.63) is 54.9 Å². The van der Waals surface area contributed by atoms with Crippen LogP contribution in [0.3, 0.4) is 0 Å². The highest BCUT2D eigenvalue weighted by Gasteiger charge is 2.14. The van der Waals surface area contributed by atoms with Crippen molar-refractivity contribution in [2.45, 2.75) is 6.54 Å². The van der Waals surface area contributed by atoms with Crippen LogP contribution in [0.1, 0.15) is 0 Å². The van der Waals surface area contributed by atoms with Crippen molar-refractivity contribution in [2.24, 2.45) is 0 Å². The number of methoxy groups -OCH3 is 1. The first kappa shape index (κ1) is 17.3. The van der Waals surface area contributed by atoms with Crippen molar-refractivity contribution in [1.29, 1.82) is 0 Å². The summed E-state index contributed by atoms with van der Waals surface area (Å²) >= 11 is 0. The average molecular weight is 377 g/mol. The van der Waals surface area contributed by atoms with Crippen LogP contribution in [0.2, 0.25) is 0 Å². The van der Waals surface area contributed by atoms with Crippen LogP contribution < -0.4 is 10.1 Å². The van der Waals surface area contributed by atoms with Gasteiger partial charge in [0, 0.05) is 11.3 Å². The largest absolute Gasteiger partial charge is 0.497 e. The number of rotatable bonds is 6. The van der Waals surface area contributed by atoms with Gasteiger partial charge in [0.25, 0.3) is 0 Å². The maximum absolute atomic E-state index is 12.2. The van der Waals surface area contributed by atoms with E-state index >= 15 is 0 Å². The SMILES string of the molecule is COc1ccc(NC(=O)Cn2nnc(-c3ccccc3-n3cnnn3)n2)cc1. The van der Waals surface area contributed by atoms with Gasteiger partial charge in [-0.3, -0.25) is 4.79 Å². The molecule has 0 aliphatic carbocycles. The molecule has 0 aliphatic heterocycles. The first-order valence-electron chi connectivity index (χ1n) is 8.27. The lowest BCUT2D eigenvalue weighted by Gasteiger charge is -2.05. The number of aromatic nitrogens is 8. The molecule has 11 heteroatoms. The molecule has 0 fully saturated rings. The Morgan fingerprint density at radius 1 is 1.11 bits per heavy atom. The molecule has 0 unspecified atom stereocenters. The van der Waals surface area contributed by atoms with Crippen LogP contribution >= 0.6 is 0 Å². The number of nitrogens with zero attached hydrogens (tertiary/aromatic N) is 8. The van der Waals surface area contributed by atoms with E-state index < -0.39 is 0 Å². The summed E-state index contributed by atoms with van der Waals surface area (Å²) in [5, 5.41) is 26.2. The molecule has 0 saturated heterocycles. The minimum absolute atomic E-state index is 0.0773. The standard InChI is InChI=1S/C17H15N9O2/c1-28-13-8-6-12(7-9-13)19-16(27)10-26-21-17(20-23-26)14-4-2-3-5-15(14)25-11-18-22-24-25/h2-9,11H,10H2,1H3,(H,19,27). The summed E-state index contributed by atoms with van der Waals surface area (Å²) in [5.41, 5.74) is 2.04. The van der Waals surface area contributed by atoms with Crippen LogP contribution in [0.5, 0.6) is 5.75 Å². The van der Waals surface area contributed by atoms with Gasteiger partial charge in [-0.2, -0.15) is 9.48 Å². The lowest BCUT2D eigenvalue weighted by atomic mass is 10.1. The van der Waals surface area contributed by atoms with E-state index in [0.717, 1.165) is 0 Å². The summed E-state index contributed by atoms with van der Waals surface area (Å²) in [5.74, 6) is 0.799. The van der Waals surface area contributed by atoms with E-state index in [1.807, 2.05) is 24.3 Å². The van der Waals surface area contributed by atoms with Gasteiger partial charge < -0.3 is 10.1 Å². The van der Waals surface area contributed by atoms with E-state index in [1.54, 1.807) is 31.4 Å². The molecule has 0 aliphatic rings. The second-order valence-corrected chi connectivity index (χ2v) is 5.69. The van der Waals surface area contributed by atoms with E-state index in [4.69, 9.17) is 4.74 Å². The quantitative estimate of drug-likeness (QED) is 0.527. The maximum Gasteiger partial charge on any atom is 0.248 e. The Balaban J connectivity index is 1.48. The second-order valence-electron chi connectivity index (χ2n) is 5.69. The Hall–Kier alpha value is -4.15. The van der Waals surface area contributed by atoms with Crippen molar-refractivity contribution in [1.82, 2.24) is 40.4 Å².